The van der Waals surface area contributed by atoms with Crippen molar-refractivity contribution in [2.45, 2.75) is 46.6 Å². The molecule has 0 aromatic rings. The van der Waals surface area contributed by atoms with E-state index >= 15 is 0 Å². The summed E-state index contributed by atoms with van der Waals surface area (Å²) in [7, 11) is 1.57. The molecule has 2 N–H and O–H groups in total. The molecule has 5 heteroatoms. The number of aliphatic hydroxyl groups is 1. The number of hydrogen-bond donors (Lipinski definition) is 2. The van der Waals surface area contributed by atoms with E-state index in [1.165, 1.54) is 4.90 Å². The molecule has 0 aromatic heterocycles. The second kappa shape index (κ2) is 5.69. The molecule has 1 atom stereocenters. The lowest BCUT2D eigenvalue weighted by molar-refractivity contribution is -0.155. The van der Waals surface area contributed by atoms with E-state index in [2.05, 4.69) is 0 Å². The highest BCUT2D eigenvalue weighted by Gasteiger charge is 2.39. The Balaban J connectivity index is 4.78. The van der Waals surface area contributed by atoms with E-state index in [1.807, 2.05) is 0 Å². The number of likely N-dealkylation sites (N-methyl/N-ethyl adjacent to an activating group) is 1. The highest BCUT2D eigenvalue weighted by atomic mass is 16.4. The van der Waals surface area contributed by atoms with Gasteiger partial charge in [0.05, 0.1) is 11.0 Å². The predicted molar refractivity (Wildman–Crippen MR) is 69.1 cm³/mol. The zero-order valence-electron chi connectivity index (χ0n) is 12.1. The van der Waals surface area contributed by atoms with E-state index in [-0.39, 0.29) is 24.8 Å². The number of rotatable bonds is 6. The lowest BCUT2D eigenvalue weighted by Gasteiger charge is -2.32. The molecule has 0 saturated heterocycles. The number of aliphatic carboxylic acids is 1. The maximum atomic E-state index is 12.0. The minimum atomic E-state index is -1.08. The molecule has 0 saturated carbocycles. The summed E-state index contributed by atoms with van der Waals surface area (Å²) >= 11 is 0. The van der Waals surface area contributed by atoms with Crippen LogP contribution in [0, 0.1) is 11.3 Å². The topological polar surface area (TPSA) is 77.8 Å². The van der Waals surface area contributed by atoms with Crippen LogP contribution < -0.4 is 0 Å². The first-order chi connectivity index (χ1) is 7.90. The summed E-state index contributed by atoms with van der Waals surface area (Å²) in [5.41, 5.74) is -2.06. The first-order valence-electron chi connectivity index (χ1n) is 6.10. The fourth-order valence-electron chi connectivity index (χ4n) is 1.64. The Morgan fingerprint density at radius 3 is 1.94 bits per heavy atom. The Labute approximate surface area is 109 Å². The van der Waals surface area contributed by atoms with E-state index in [0.717, 1.165) is 0 Å². The Bertz CT molecular complexity index is 319. The number of nitrogens with zero attached hydrogens (tertiary/aromatic N) is 1. The summed E-state index contributed by atoms with van der Waals surface area (Å²) in [6, 6.07) is 0. The molecule has 1 unspecified atom stereocenters. The average Bonchev–Trinajstić information content (AvgIpc) is 2.13. The van der Waals surface area contributed by atoms with Gasteiger partial charge in [-0.15, -0.1) is 0 Å². The van der Waals surface area contributed by atoms with Gasteiger partial charge in [-0.1, -0.05) is 13.8 Å². The third-order valence-electron chi connectivity index (χ3n) is 3.33. The molecule has 0 bridgehead atoms. The maximum Gasteiger partial charge on any atom is 0.310 e. The number of carboxylic acids is 1. The average molecular weight is 259 g/mol. The Hall–Kier alpha value is -1.10. The van der Waals surface area contributed by atoms with Gasteiger partial charge in [0.25, 0.3) is 0 Å². The summed E-state index contributed by atoms with van der Waals surface area (Å²) in [6.45, 7) is 8.55. The molecular formula is C13H25NO4. The number of carboxylic acid groups (broad SMARTS) is 1. The van der Waals surface area contributed by atoms with Crippen LogP contribution in [0.3, 0.4) is 0 Å². The second-order valence-corrected chi connectivity index (χ2v) is 6.12. The van der Waals surface area contributed by atoms with Gasteiger partial charge in [-0.2, -0.15) is 0 Å². The Kier molecular flexibility index (Phi) is 5.35. The SMILES string of the molecule is CC(C)C(C)(CC(=O)N(C)CC(C)(C)O)C(=O)O. The van der Waals surface area contributed by atoms with Crippen LogP contribution in [0.5, 0.6) is 0 Å². The number of carbonyl (C=O) groups is 2. The molecule has 0 rings (SSSR count). The van der Waals surface area contributed by atoms with Crippen molar-refractivity contribution < 1.29 is 19.8 Å². The van der Waals surface area contributed by atoms with Crippen molar-refractivity contribution in [2.75, 3.05) is 13.6 Å². The van der Waals surface area contributed by atoms with Gasteiger partial charge < -0.3 is 15.1 Å². The van der Waals surface area contributed by atoms with Crippen LogP contribution >= 0.6 is 0 Å². The smallest absolute Gasteiger partial charge is 0.310 e. The van der Waals surface area contributed by atoms with Gasteiger partial charge in [0.2, 0.25) is 5.91 Å². The molecular weight excluding hydrogens is 234 g/mol. The Morgan fingerprint density at radius 2 is 1.67 bits per heavy atom. The van der Waals surface area contributed by atoms with E-state index < -0.39 is 17.0 Å². The van der Waals surface area contributed by atoms with Gasteiger partial charge in [-0.05, 0) is 26.7 Å². The number of amides is 1. The highest BCUT2D eigenvalue weighted by Crippen LogP contribution is 2.32. The molecule has 0 radical (unpaired) electrons. The summed E-state index contributed by atoms with van der Waals surface area (Å²) in [6.07, 6.45) is -0.0629. The predicted octanol–water partition coefficient (Wildman–Crippen LogP) is 1.35. The van der Waals surface area contributed by atoms with E-state index in [9.17, 15) is 19.8 Å². The van der Waals surface area contributed by atoms with Gasteiger partial charge in [-0.3, -0.25) is 9.59 Å². The van der Waals surface area contributed by atoms with Crippen molar-refractivity contribution in [3.8, 4) is 0 Å². The zero-order valence-corrected chi connectivity index (χ0v) is 12.1. The van der Waals surface area contributed by atoms with Gasteiger partial charge >= 0.3 is 5.97 Å². The summed E-state index contributed by atoms with van der Waals surface area (Å²) in [4.78, 5) is 24.7. The summed E-state index contributed by atoms with van der Waals surface area (Å²) in [5, 5.41) is 18.9. The Morgan fingerprint density at radius 1 is 1.22 bits per heavy atom. The molecule has 0 aliphatic carbocycles. The van der Waals surface area contributed by atoms with Crippen molar-refractivity contribution in [1.29, 1.82) is 0 Å². The molecule has 1 amide bonds. The third kappa shape index (κ3) is 4.64. The first kappa shape index (κ1) is 16.9. The van der Waals surface area contributed by atoms with Crippen LogP contribution in [0.4, 0.5) is 0 Å². The molecule has 0 heterocycles. The van der Waals surface area contributed by atoms with Crippen molar-refractivity contribution in [3.05, 3.63) is 0 Å². The maximum absolute atomic E-state index is 12.0. The lowest BCUT2D eigenvalue weighted by Crippen LogP contribution is -2.44. The monoisotopic (exact) mass is 259 g/mol. The van der Waals surface area contributed by atoms with Gasteiger partial charge in [0, 0.05) is 20.0 Å². The van der Waals surface area contributed by atoms with E-state index in [1.54, 1.807) is 41.7 Å². The lowest BCUT2D eigenvalue weighted by atomic mass is 9.76. The van der Waals surface area contributed by atoms with E-state index in [4.69, 9.17) is 0 Å². The second-order valence-electron chi connectivity index (χ2n) is 6.12. The van der Waals surface area contributed by atoms with Crippen molar-refractivity contribution in [1.82, 2.24) is 4.90 Å². The number of carbonyl (C=O) groups excluding carboxylic acids is 1. The van der Waals surface area contributed by atoms with Gasteiger partial charge in [0.1, 0.15) is 0 Å². The first-order valence-corrected chi connectivity index (χ1v) is 6.10. The van der Waals surface area contributed by atoms with Crippen molar-refractivity contribution in [2.24, 2.45) is 11.3 Å². The molecule has 106 valence electrons. The van der Waals surface area contributed by atoms with Crippen molar-refractivity contribution in [3.63, 3.8) is 0 Å². The standard InChI is InChI=1S/C13H25NO4/c1-9(2)13(5,11(16)17)7-10(15)14(6)8-12(3,4)18/h9,18H,7-8H2,1-6H3,(H,16,17). The molecule has 5 nitrogen and oxygen atoms in total. The van der Waals surface area contributed by atoms with Crippen LogP contribution in [-0.4, -0.2) is 46.2 Å². The fourth-order valence-corrected chi connectivity index (χ4v) is 1.64. The summed E-state index contributed by atoms with van der Waals surface area (Å²) in [5.74, 6) is -1.38. The van der Waals surface area contributed by atoms with Gasteiger partial charge in [-0.25, -0.2) is 0 Å². The largest absolute Gasteiger partial charge is 0.481 e. The molecule has 0 fully saturated rings. The minimum absolute atomic E-state index is 0.0629. The van der Waals surface area contributed by atoms with Gasteiger partial charge in [0.15, 0.2) is 0 Å². The molecule has 18 heavy (non-hydrogen) atoms. The molecule has 0 spiro atoms. The normalized spacial score (nSPS) is 15.3. The molecule has 0 aromatic carbocycles. The number of hydrogen-bond acceptors (Lipinski definition) is 3. The minimum Gasteiger partial charge on any atom is -0.481 e. The van der Waals surface area contributed by atoms with Crippen LogP contribution in [0.25, 0.3) is 0 Å². The fraction of sp³-hybridized carbons (Fsp3) is 0.846. The van der Waals surface area contributed by atoms with Crippen LogP contribution in [0.1, 0.15) is 41.0 Å². The molecule has 0 aliphatic rings. The third-order valence-corrected chi connectivity index (χ3v) is 3.33. The summed E-state index contributed by atoms with van der Waals surface area (Å²) < 4.78 is 0. The zero-order chi connectivity index (χ0) is 14.7. The van der Waals surface area contributed by atoms with Crippen LogP contribution in [0.15, 0.2) is 0 Å². The van der Waals surface area contributed by atoms with Crippen molar-refractivity contribution >= 4 is 11.9 Å². The van der Waals surface area contributed by atoms with Crippen LogP contribution in [0.2, 0.25) is 0 Å². The highest BCUT2D eigenvalue weighted by molar-refractivity contribution is 5.84. The quantitative estimate of drug-likeness (QED) is 0.755. The van der Waals surface area contributed by atoms with E-state index in [0.29, 0.717) is 0 Å². The van der Waals surface area contributed by atoms with Crippen LogP contribution in [-0.2, 0) is 9.59 Å². The molecule has 0 aliphatic heterocycles.